The predicted octanol–water partition coefficient (Wildman–Crippen LogP) is 5.75. The lowest BCUT2D eigenvalue weighted by molar-refractivity contribution is 0.306. The van der Waals surface area contributed by atoms with Gasteiger partial charge >= 0.3 is 0 Å². The Hall–Kier alpha value is -1.76. The second kappa shape index (κ2) is 8.42. The summed E-state index contributed by atoms with van der Waals surface area (Å²) in [6.45, 7) is 2.99. The lowest BCUT2D eigenvalue weighted by Gasteiger charge is -2.07. The normalized spacial score (nSPS) is 11.2. The van der Waals surface area contributed by atoms with Crippen LogP contribution in [0.4, 0.5) is 0 Å². The van der Waals surface area contributed by atoms with E-state index in [1.165, 1.54) is 30.0 Å². The Morgan fingerprint density at radius 1 is 0.900 bits per heavy atom. The highest BCUT2D eigenvalue weighted by Crippen LogP contribution is 2.20. The number of allylic oxidation sites excluding steroid dienone is 2. The monoisotopic (exact) mass is 268 g/mol. The zero-order chi connectivity index (χ0) is 14.0. The topological polar surface area (TPSA) is 9.23 Å². The molecule has 0 aliphatic carbocycles. The molecule has 0 unspecified atom stereocenters. The Bertz CT molecular complexity index is 542. The van der Waals surface area contributed by atoms with Gasteiger partial charge in [0.1, 0.15) is 5.75 Å². The molecule has 0 spiro atoms. The fourth-order valence-corrected chi connectivity index (χ4v) is 2.27. The average Bonchev–Trinajstić information content (AvgIpc) is 2.50. The van der Waals surface area contributed by atoms with Gasteiger partial charge in [0.05, 0.1) is 6.61 Å². The van der Waals surface area contributed by atoms with Gasteiger partial charge in [-0.05, 0) is 55.0 Å². The largest absolute Gasteiger partial charge is 0.494 e. The van der Waals surface area contributed by atoms with E-state index in [9.17, 15) is 0 Å². The van der Waals surface area contributed by atoms with E-state index >= 15 is 0 Å². The molecule has 0 saturated heterocycles. The van der Waals surface area contributed by atoms with Gasteiger partial charge in [-0.25, -0.2) is 0 Å². The lowest BCUT2D eigenvalue weighted by Crippen LogP contribution is -1.97. The quantitative estimate of drug-likeness (QED) is 0.438. The van der Waals surface area contributed by atoms with Crippen LogP contribution in [-0.2, 0) is 0 Å². The Labute approximate surface area is 122 Å². The van der Waals surface area contributed by atoms with Crippen LogP contribution in [0, 0.1) is 0 Å². The van der Waals surface area contributed by atoms with Crippen molar-refractivity contribution in [3.8, 4) is 5.75 Å². The Balaban J connectivity index is 1.69. The Morgan fingerprint density at radius 2 is 1.75 bits per heavy atom. The SMILES string of the molecule is CCC=CCCCCCOc1ccc2ccccc2c1. The molecule has 20 heavy (non-hydrogen) atoms. The van der Waals surface area contributed by atoms with Crippen molar-refractivity contribution < 1.29 is 4.74 Å². The first-order valence-electron chi connectivity index (χ1n) is 7.67. The second-order valence-electron chi connectivity index (χ2n) is 5.09. The molecule has 0 aliphatic heterocycles. The molecule has 1 nitrogen and oxygen atoms in total. The minimum Gasteiger partial charge on any atom is -0.494 e. The van der Waals surface area contributed by atoms with Crippen molar-refractivity contribution in [3.63, 3.8) is 0 Å². The highest BCUT2D eigenvalue weighted by molar-refractivity contribution is 5.83. The third-order valence-electron chi connectivity index (χ3n) is 3.41. The summed E-state index contributed by atoms with van der Waals surface area (Å²) in [5, 5.41) is 2.51. The maximum absolute atomic E-state index is 5.82. The molecule has 0 aromatic heterocycles. The predicted molar refractivity (Wildman–Crippen MR) is 87.3 cm³/mol. The van der Waals surface area contributed by atoms with E-state index in [0.29, 0.717) is 0 Å². The van der Waals surface area contributed by atoms with Crippen molar-refractivity contribution in [2.45, 2.75) is 39.0 Å². The molecule has 0 fully saturated rings. The summed E-state index contributed by atoms with van der Waals surface area (Å²) in [5.41, 5.74) is 0. The van der Waals surface area contributed by atoms with E-state index in [1.54, 1.807) is 0 Å². The summed E-state index contributed by atoms with van der Waals surface area (Å²) in [5.74, 6) is 0.981. The van der Waals surface area contributed by atoms with Crippen molar-refractivity contribution in [1.82, 2.24) is 0 Å². The number of hydrogen-bond acceptors (Lipinski definition) is 1. The van der Waals surface area contributed by atoms with Gasteiger partial charge in [-0.1, -0.05) is 49.4 Å². The number of ether oxygens (including phenoxy) is 1. The van der Waals surface area contributed by atoms with Crippen molar-refractivity contribution in [3.05, 3.63) is 54.6 Å². The molecule has 0 bridgehead atoms. The summed E-state index contributed by atoms with van der Waals surface area (Å²) in [6.07, 6.45) is 10.5. The van der Waals surface area contributed by atoms with Gasteiger partial charge in [-0.2, -0.15) is 0 Å². The molecule has 0 amide bonds. The number of hydrogen-bond donors (Lipinski definition) is 0. The summed E-state index contributed by atoms with van der Waals surface area (Å²) < 4.78 is 5.82. The van der Waals surface area contributed by atoms with Gasteiger partial charge in [0.25, 0.3) is 0 Å². The van der Waals surface area contributed by atoms with Crippen LogP contribution >= 0.6 is 0 Å². The zero-order valence-electron chi connectivity index (χ0n) is 12.3. The Morgan fingerprint density at radius 3 is 2.60 bits per heavy atom. The van der Waals surface area contributed by atoms with Crippen molar-refractivity contribution in [2.24, 2.45) is 0 Å². The molecule has 0 N–H and O–H groups in total. The fourth-order valence-electron chi connectivity index (χ4n) is 2.27. The first kappa shape index (κ1) is 14.6. The second-order valence-corrected chi connectivity index (χ2v) is 5.09. The highest BCUT2D eigenvalue weighted by atomic mass is 16.5. The molecule has 2 rings (SSSR count). The van der Waals surface area contributed by atoms with Crippen LogP contribution in [0.15, 0.2) is 54.6 Å². The summed E-state index contributed by atoms with van der Waals surface area (Å²) in [7, 11) is 0. The van der Waals surface area contributed by atoms with E-state index in [0.717, 1.165) is 25.2 Å². The van der Waals surface area contributed by atoms with E-state index < -0.39 is 0 Å². The maximum Gasteiger partial charge on any atom is 0.119 e. The Kier molecular flexibility index (Phi) is 6.16. The minimum absolute atomic E-state index is 0.815. The molecule has 2 aromatic carbocycles. The molecule has 0 saturated carbocycles. The lowest BCUT2D eigenvalue weighted by atomic mass is 10.1. The molecule has 106 valence electrons. The van der Waals surface area contributed by atoms with Crippen molar-refractivity contribution in [1.29, 1.82) is 0 Å². The van der Waals surface area contributed by atoms with Gasteiger partial charge < -0.3 is 4.74 Å². The van der Waals surface area contributed by atoms with Crippen LogP contribution in [0.5, 0.6) is 5.75 Å². The highest BCUT2D eigenvalue weighted by Gasteiger charge is 1.97. The molecule has 0 radical (unpaired) electrons. The van der Waals surface area contributed by atoms with Gasteiger partial charge in [-0.15, -0.1) is 0 Å². The average molecular weight is 268 g/mol. The number of fused-ring (bicyclic) bond motifs is 1. The molecule has 1 heteroatoms. The molecule has 0 aliphatic rings. The standard InChI is InChI=1S/C19H24O/c1-2-3-4-5-6-7-10-15-20-19-14-13-17-11-8-9-12-18(17)16-19/h3-4,8-9,11-14,16H,2,5-7,10,15H2,1H3. The molecular formula is C19H24O. The molecule has 0 atom stereocenters. The zero-order valence-corrected chi connectivity index (χ0v) is 12.3. The summed E-state index contributed by atoms with van der Waals surface area (Å²) >= 11 is 0. The van der Waals surface area contributed by atoms with Crippen LogP contribution in [0.3, 0.4) is 0 Å². The minimum atomic E-state index is 0.815. The van der Waals surface area contributed by atoms with Crippen LogP contribution in [0.2, 0.25) is 0 Å². The molecule has 2 aromatic rings. The van der Waals surface area contributed by atoms with Crippen molar-refractivity contribution in [2.75, 3.05) is 6.61 Å². The summed E-state index contributed by atoms with van der Waals surface area (Å²) in [6, 6.07) is 14.7. The van der Waals surface area contributed by atoms with Gasteiger partial charge in [0.2, 0.25) is 0 Å². The third-order valence-corrected chi connectivity index (χ3v) is 3.41. The molecular weight excluding hydrogens is 244 g/mol. The van der Waals surface area contributed by atoms with Crippen LogP contribution in [0.25, 0.3) is 10.8 Å². The first-order valence-corrected chi connectivity index (χ1v) is 7.67. The van der Waals surface area contributed by atoms with Gasteiger partial charge in [0, 0.05) is 0 Å². The van der Waals surface area contributed by atoms with Crippen LogP contribution in [-0.4, -0.2) is 6.61 Å². The maximum atomic E-state index is 5.82. The van der Waals surface area contributed by atoms with E-state index in [4.69, 9.17) is 4.74 Å². The molecule has 0 heterocycles. The van der Waals surface area contributed by atoms with E-state index in [2.05, 4.69) is 61.5 Å². The first-order chi connectivity index (χ1) is 9.90. The number of benzene rings is 2. The van der Waals surface area contributed by atoms with Gasteiger partial charge in [-0.3, -0.25) is 0 Å². The van der Waals surface area contributed by atoms with E-state index in [1.807, 2.05) is 0 Å². The van der Waals surface area contributed by atoms with E-state index in [-0.39, 0.29) is 0 Å². The fraction of sp³-hybridized carbons (Fsp3) is 0.368. The number of unbranched alkanes of at least 4 members (excludes halogenated alkanes) is 3. The van der Waals surface area contributed by atoms with Gasteiger partial charge in [0.15, 0.2) is 0 Å². The third kappa shape index (κ3) is 4.73. The van der Waals surface area contributed by atoms with Crippen molar-refractivity contribution >= 4 is 10.8 Å². The van der Waals surface area contributed by atoms with Crippen LogP contribution < -0.4 is 4.74 Å². The smallest absolute Gasteiger partial charge is 0.119 e. The summed E-state index contributed by atoms with van der Waals surface area (Å²) in [4.78, 5) is 0. The number of rotatable bonds is 8. The van der Waals surface area contributed by atoms with Crippen LogP contribution in [0.1, 0.15) is 39.0 Å².